The Kier molecular flexibility index (Phi) is 4.75. The Hall–Kier alpha value is -1.72. The zero-order valence-electron chi connectivity index (χ0n) is 12.4. The Bertz CT molecular complexity index is 707. The lowest BCUT2D eigenvalue weighted by atomic mass is 10.0. The summed E-state index contributed by atoms with van der Waals surface area (Å²) in [6.45, 7) is 5.93. The van der Waals surface area contributed by atoms with Crippen molar-refractivity contribution in [1.82, 2.24) is 4.98 Å². The molecular formula is C16H19NO3S. The second-order valence-electron chi connectivity index (χ2n) is 5.23. The van der Waals surface area contributed by atoms with Crippen LogP contribution in [0.3, 0.4) is 0 Å². The van der Waals surface area contributed by atoms with Gasteiger partial charge in [0.2, 0.25) is 0 Å². The molecule has 0 aliphatic carbocycles. The molecule has 0 N–H and O–H groups in total. The largest absolute Gasteiger partial charge is 0.297 e. The lowest BCUT2D eigenvalue weighted by Crippen LogP contribution is -2.09. The number of aromatic nitrogens is 1. The molecule has 0 aliphatic rings. The minimum absolute atomic E-state index is 0.00242. The minimum Gasteiger partial charge on any atom is -0.261 e. The Morgan fingerprint density at radius 2 is 1.81 bits per heavy atom. The monoisotopic (exact) mass is 305 g/mol. The maximum Gasteiger partial charge on any atom is 0.297 e. The van der Waals surface area contributed by atoms with E-state index in [4.69, 9.17) is 4.18 Å². The summed E-state index contributed by atoms with van der Waals surface area (Å²) < 4.78 is 29.5. The molecular weight excluding hydrogens is 286 g/mol. The number of hydrogen-bond donors (Lipinski definition) is 0. The quantitative estimate of drug-likeness (QED) is 0.794. The van der Waals surface area contributed by atoms with Gasteiger partial charge in [0.25, 0.3) is 10.1 Å². The van der Waals surface area contributed by atoms with Gasteiger partial charge < -0.3 is 0 Å². The van der Waals surface area contributed by atoms with Crippen molar-refractivity contribution in [1.29, 1.82) is 0 Å². The molecule has 0 aliphatic heterocycles. The van der Waals surface area contributed by atoms with Crippen LogP contribution in [0.5, 0.6) is 0 Å². The summed E-state index contributed by atoms with van der Waals surface area (Å²) in [5, 5.41) is 0. The van der Waals surface area contributed by atoms with Gasteiger partial charge in [-0.25, -0.2) is 0 Å². The average Bonchev–Trinajstić information content (AvgIpc) is 2.46. The highest BCUT2D eigenvalue weighted by molar-refractivity contribution is 7.86. The van der Waals surface area contributed by atoms with Crippen LogP contribution in [0, 0.1) is 6.92 Å². The number of aryl methyl sites for hydroxylation is 1. The molecule has 1 aromatic heterocycles. The smallest absolute Gasteiger partial charge is 0.261 e. The van der Waals surface area contributed by atoms with Gasteiger partial charge in [-0.05, 0) is 31.0 Å². The highest BCUT2D eigenvalue weighted by Crippen LogP contribution is 2.20. The van der Waals surface area contributed by atoms with Gasteiger partial charge in [-0.1, -0.05) is 37.6 Å². The van der Waals surface area contributed by atoms with E-state index in [0.717, 1.165) is 16.8 Å². The van der Waals surface area contributed by atoms with Gasteiger partial charge in [-0.2, -0.15) is 8.42 Å². The fraction of sp³-hybridized carbons (Fsp3) is 0.312. The molecule has 0 unspecified atom stereocenters. The third-order valence-corrected chi connectivity index (χ3v) is 4.43. The molecule has 0 atom stereocenters. The highest BCUT2D eigenvalue weighted by atomic mass is 32.2. The Morgan fingerprint density at radius 3 is 2.43 bits per heavy atom. The highest BCUT2D eigenvalue weighted by Gasteiger charge is 2.16. The fourth-order valence-electron chi connectivity index (χ4n) is 2.01. The van der Waals surface area contributed by atoms with Crippen LogP contribution in [0.1, 0.15) is 36.6 Å². The molecule has 1 heterocycles. The van der Waals surface area contributed by atoms with E-state index in [2.05, 4.69) is 4.98 Å². The standard InChI is InChI=1S/C16H19NO3S/c1-12(2)16-14(5-4-10-17-16)11-20-21(18,19)15-8-6-13(3)7-9-15/h4-10,12H,11H2,1-3H3. The van der Waals surface area contributed by atoms with Gasteiger partial charge in [-0.15, -0.1) is 0 Å². The van der Waals surface area contributed by atoms with E-state index >= 15 is 0 Å². The lowest BCUT2D eigenvalue weighted by molar-refractivity contribution is 0.305. The molecule has 0 bridgehead atoms. The number of benzene rings is 1. The molecule has 0 saturated carbocycles. The lowest BCUT2D eigenvalue weighted by Gasteiger charge is -2.11. The molecule has 0 saturated heterocycles. The summed E-state index contributed by atoms with van der Waals surface area (Å²) in [5.74, 6) is 0.215. The molecule has 4 nitrogen and oxygen atoms in total. The Balaban J connectivity index is 2.18. The zero-order chi connectivity index (χ0) is 15.5. The van der Waals surface area contributed by atoms with E-state index in [9.17, 15) is 8.42 Å². The van der Waals surface area contributed by atoms with Crippen molar-refractivity contribution in [3.8, 4) is 0 Å². The van der Waals surface area contributed by atoms with Crippen LogP contribution in [-0.4, -0.2) is 13.4 Å². The van der Waals surface area contributed by atoms with Crippen molar-refractivity contribution in [2.45, 2.75) is 38.2 Å². The second kappa shape index (κ2) is 6.37. The molecule has 1 aromatic carbocycles. The van der Waals surface area contributed by atoms with Crippen LogP contribution < -0.4 is 0 Å². The molecule has 21 heavy (non-hydrogen) atoms. The predicted molar refractivity (Wildman–Crippen MR) is 81.5 cm³/mol. The number of nitrogens with zero attached hydrogens (tertiary/aromatic N) is 1. The van der Waals surface area contributed by atoms with Crippen LogP contribution in [0.15, 0.2) is 47.5 Å². The summed E-state index contributed by atoms with van der Waals surface area (Å²) in [6, 6.07) is 10.2. The molecule has 0 fully saturated rings. The third-order valence-electron chi connectivity index (χ3n) is 3.15. The molecule has 0 amide bonds. The fourth-order valence-corrected chi connectivity index (χ4v) is 2.89. The first-order valence-electron chi connectivity index (χ1n) is 6.80. The first-order chi connectivity index (χ1) is 9.90. The van der Waals surface area contributed by atoms with Crippen LogP contribution in [0.2, 0.25) is 0 Å². The van der Waals surface area contributed by atoms with Gasteiger partial charge in [0, 0.05) is 17.5 Å². The van der Waals surface area contributed by atoms with Crippen molar-refractivity contribution in [3.05, 3.63) is 59.4 Å². The molecule has 5 heteroatoms. The Morgan fingerprint density at radius 1 is 1.14 bits per heavy atom. The van der Waals surface area contributed by atoms with Crippen LogP contribution >= 0.6 is 0 Å². The number of rotatable bonds is 5. The first kappa shape index (κ1) is 15.7. The van der Waals surface area contributed by atoms with E-state index in [1.54, 1.807) is 36.5 Å². The summed E-state index contributed by atoms with van der Waals surface area (Å²) in [4.78, 5) is 4.46. The van der Waals surface area contributed by atoms with Gasteiger partial charge in [0.05, 0.1) is 11.5 Å². The van der Waals surface area contributed by atoms with Crippen LogP contribution in [-0.2, 0) is 20.9 Å². The van der Waals surface area contributed by atoms with Gasteiger partial charge in [0.1, 0.15) is 0 Å². The topological polar surface area (TPSA) is 56.3 Å². The molecule has 0 spiro atoms. The van der Waals surface area contributed by atoms with Gasteiger partial charge >= 0.3 is 0 Å². The minimum atomic E-state index is -3.75. The summed E-state index contributed by atoms with van der Waals surface area (Å²) in [6.07, 6.45) is 1.70. The third kappa shape index (κ3) is 3.89. The van der Waals surface area contributed by atoms with Crippen LogP contribution in [0.25, 0.3) is 0 Å². The summed E-state index contributed by atoms with van der Waals surface area (Å²) in [7, 11) is -3.75. The van der Waals surface area contributed by atoms with Crippen molar-refractivity contribution in [2.75, 3.05) is 0 Å². The first-order valence-corrected chi connectivity index (χ1v) is 8.21. The Labute approximate surface area is 125 Å². The van der Waals surface area contributed by atoms with Crippen molar-refractivity contribution in [3.63, 3.8) is 0 Å². The second-order valence-corrected chi connectivity index (χ2v) is 6.85. The van der Waals surface area contributed by atoms with Crippen molar-refractivity contribution in [2.24, 2.45) is 0 Å². The van der Waals surface area contributed by atoms with Gasteiger partial charge in [0.15, 0.2) is 0 Å². The molecule has 112 valence electrons. The summed E-state index contributed by atoms with van der Waals surface area (Å²) in [5.41, 5.74) is 2.66. The molecule has 2 aromatic rings. The summed E-state index contributed by atoms with van der Waals surface area (Å²) >= 11 is 0. The van der Waals surface area contributed by atoms with Crippen molar-refractivity contribution < 1.29 is 12.6 Å². The predicted octanol–water partition coefficient (Wildman–Crippen LogP) is 3.42. The molecule has 0 radical (unpaired) electrons. The maximum atomic E-state index is 12.2. The van der Waals surface area contributed by atoms with Crippen molar-refractivity contribution >= 4 is 10.1 Å². The van der Waals surface area contributed by atoms with Crippen LogP contribution in [0.4, 0.5) is 0 Å². The zero-order valence-corrected chi connectivity index (χ0v) is 13.2. The number of pyridine rings is 1. The average molecular weight is 305 g/mol. The van der Waals surface area contributed by atoms with E-state index < -0.39 is 10.1 Å². The van der Waals surface area contributed by atoms with Gasteiger partial charge in [-0.3, -0.25) is 9.17 Å². The normalized spacial score (nSPS) is 11.8. The maximum absolute atomic E-state index is 12.2. The molecule has 2 rings (SSSR count). The number of hydrogen-bond acceptors (Lipinski definition) is 4. The van der Waals surface area contributed by atoms with E-state index in [1.165, 1.54) is 0 Å². The van der Waals surface area contributed by atoms with E-state index in [-0.39, 0.29) is 17.4 Å². The van der Waals surface area contributed by atoms with E-state index in [1.807, 2.05) is 26.8 Å². The SMILES string of the molecule is Cc1ccc(S(=O)(=O)OCc2cccnc2C(C)C)cc1. The van der Waals surface area contributed by atoms with E-state index in [0.29, 0.717) is 0 Å².